The Labute approximate surface area is 169 Å². The number of anilines is 3. The van der Waals surface area contributed by atoms with E-state index < -0.39 is 0 Å². The lowest BCUT2D eigenvalue weighted by Gasteiger charge is -2.38. The summed E-state index contributed by atoms with van der Waals surface area (Å²) < 4.78 is 11.0. The molecular weight excluding hydrogens is 366 g/mol. The van der Waals surface area contributed by atoms with Gasteiger partial charge >= 0.3 is 0 Å². The lowest BCUT2D eigenvalue weighted by Crippen LogP contribution is -2.43. The van der Waals surface area contributed by atoms with E-state index in [1.165, 1.54) is 0 Å². The van der Waals surface area contributed by atoms with E-state index in [4.69, 9.17) is 9.47 Å². The number of benzene rings is 3. The van der Waals surface area contributed by atoms with Crippen molar-refractivity contribution in [3.05, 3.63) is 77.9 Å². The Bertz CT molecular complexity index is 1080. The quantitative estimate of drug-likeness (QED) is 0.728. The molecule has 0 aliphatic carbocycles. The van der Waals surface area contributed by atoms with Gasteiger partial charge in [0.15, 0.2) is 11.5 Å². The Hall–Kier alpha value is -3.67. The Morgan fingerprint density at radius 3 is 2.52 bits per heavy atom. The van der Waals surface area contributed by atoms with Crippen molar-refractivity contribution in [2.24, 2.45) is 0 Å². The van der Waals surface area contributed by atoms with Gasteiger partial charge in [-0.2, -0.15) is 0 Å². The number of para-hydroxylation sites is 1. The summed E-state index contributed by atoms with van der Waals surface area (Å²) in [6, 6.07) is 21.4. The minimum atomic E-state index is -0.364. The summed E-state index contributed by atoms with van der Waals surface area (Å²) >= 11 is 0. The fourth-order valence-electron chi connectivity index (χ4n) is 3.75. The van der Waals surface area contributed by atoms with E-state index in [1.807, 2.05) is 85.7 Å². The third-order valence-corrected chi connectivity index (χ3v) is 5.28. The molecule has 3 aromatic rings. The first-order chi connectivity index (χ1) is 14.1. The Kier molecular flexibility index (Phi) is 4.05. The Morgan fingerprint density at radius 2 is 1.72 bits per heavy atom. The van der Waals surface area contributed by atoms with Crippen LogP contribution in [0.5, 0.6) is 11.5 Å². The van der Waals surface area contributed by atoms with Crippen molar-refractivity contribution in [3.63, 3.8) is 0 Å². The summed E-state index contributed by atoms with van der Waals surface area (Å²) in [7, 11) is 3.99. The van der Waals surface area contributed by atoms with Crippen molar-refractivity contribution in [3.8, 4) is 11.5 Å². The van der Waals surface area contributed by atoms with Crippen LogP contribution in [0.1, 0.15) is 22.1 Å². The highest BCUT2D eigenvalue weighted by molar-refractivity contribution is 6.12. The fourth-order valence-corrected chi connectivity index (χ4v) is 3.75. The van der Waals surface area contributed by atoms with Gasteiger partial charge < -0.3 is 19.7 Å². The third kappa shape index (κ3) is 2.93. The van der Waals surface area contributed by atoms with Gasteiger partial charge in [-0.25, -0.2) is 0 Å². The SMILES string of the molecule is CN(C)c1ccc(N2C(=O)c3ccccc3N[C@@H]2c2ccc3c(c2)OCO3)cc1. The second kappa shape index (κ2) is 6.74. The van der Waals surface area contributed by atoms with Crippen molar-refractivity contribution in [1.82, 2.24) is 0 Å². The van der Waals surface area contributed by atoms with Gasteiger partial charge in [0.1, 0.15) is 6.17 Å². The fraction of sp³-hybridized carbons (Fsp3) is 0.174. The van der Waals surface area contributed by atoms with Gasteiger partial charge in [0, 0.05) is 31.2 Å². The van der Waals surface area contributed by atoms with E-state index in [0.717, 1.165) is 28.4 Å². The maximum absolute atomic E-state index is 13.5. The molecule has 1 N–H and O–H groups in total. The summed E-state index contributed by atoms with van der Waals surface area (Å²) in [4.78, 5) is 17.3. The standard InChI is InChI=1S/C23H21N3O3/c1-25(2)16-8-10-17(11-9-16)26-22(15-7-12-20-21(13-15)29-14-28-20)24-19-6-4-3-5-18(19)23(26)27/h3-13,22,24H,14H2,1-2H3/t22-/m0/s1. The molecule has 0 spiro atoms. The number of rotatable bonds is 3. The number of amides is 1. The molecule has 0 saturated carbocycles. The van der Waals surface area contributed by atoms with Crippen LogP contribution in [0.15, 0.2) is 66.7 Å². The number of fused-ring (bicyclic) bond motifs is 2. The molecule has 0 bridgehead atoms. The second-order valence-electron chi connectivity index (χ2n) is 7.29. The molecular formula is C23H21N3O3. The van der Waals surface area contributed by atoms with Crippen molar-refractivity contribution < 1.29 is 14.3 Å². The molecule has 1 amide bonds. The molecule has 29 heavy (non-hydrogen) atoms. The molecule has 6 heteroatoms. The van der Waals surface area contributed by atoms with Crippen molar-refractivity contribution in [2.45, 2.75) is 6.17 Å². The average Bonchev–Trinajstić information content (AvgIpc) is 3.22. The molecule has 0 unspecified atom stereocenters. The smallest absolute Gasteiger partial charge is 0.262 e. The first-order valence-electron chi connectivity index (χ1n) is 9.48. The summed E-state index contributed by atoms with van der Waals surface area (Å²) in [6.07, 6.45) is -0.364. The number of hydrogen-bond acceptors (Lipinski definition) is 5. The van der Waals surface area contributed by atoms with Gasteiger partial charge in [0.25, 0.3) is 5.91 Å². The van der Waals surface area contributed by atoms with E-state index in [9.17, 15) is 4.79 Å². The number of carbonyl (C=O) groups excluding carboxylic acids is 1. The van der Waals surface area contributed by atoms with Gasteiger partial charge in [0.05, 0.1) is 5.56 Å². The van der Waals surface area contributed by atoms with Crippen LogP contribution in [-0.4, -0.2) is 26.8 Å². The monoisotopic (exact) mass is 387 g/mol. The molecule has 0 aromatic heterocycles. The van der Waals surface area contributed by atoms with E-state index in [1.54, 1.807) is 4.90 Å². The number of ether oxygens (including phenoxy) is 2. The minimum absolute atomic E-state index is 0.0420. The summed E-state index contributed by atoms with van der Waals surface area (Å²) in [6.45, 7) is 0.217. The van der Waals surface area contributed by atoms with Crippen LogP contribution < -0.4 is 24.6 Å². The van der Waals surface area contributed by atoms with Gasteiger partial charge in [-0.05, 0) is 54.1 Å². The predicted octanol–water partition coefficient (Wildman–Crippen LogP) is 4.25. The first-order valence-corrected chi connectivity index (χ1v) is 9.48. The molecule has 5 rings (SSSR count). The van der Waals surface area contributed by atoms with Crippen LogP contribution in [0, 0.1) is 0 Å². The Morgan fingerprint density at radius 1 is 0.966 bits per heavy atom. The Balaban J connectivity index is 1.61. The molecule has 2 aliphatic rings. The number of carbonyl (C=O) groups is 1. The minimum Gasteiger partial charge on any atom is -0.454 e. The summed E-state index contributed by atoms with van der Waals surface area (Å²) in [5, 5.41) is 3.52. The number of nitrogens with one attached hydrogen (secondary N) is 1. The van der Waals surface area contributed by atoms with Gasteiger partial charge in [-0.3, -0.25) is 9.69 Å². The second-order valence-corrected chi connectivity index (χ2v) is 7.29. The zero-order chi connectivity index (χ0) is 20.0. The summed E-state index contributed by atoms with van der Waals surface area (Å²) in [5.41, 5.74) is 4.30. The molecule has 3 aromatic carbocycles. The van der Waals surface area contributed by atoms with Crippen molar-refractivity contribution in [2.75, 3.05) is 36.0 Å². The topological polar surface area (TPSA) is 54.0 Å². The maximum Gasteiger partial charge on any atom is 0.262 e. The van der Waals surface area contributed by atoms with Gasteiger partial charge in [-0.15, -0.1) is 0 Å². The van der Waals surface area contributed by atoms with E-state index >= 15 is 0 Å². The molecule has 0 fully saturated rings. The van der Waals surface area contributed by atoms with E-state index in [2.05, 4.69) is 5.32 Å². The lowest BCUT2D eigenvalue weighted by molar-refractivity contribution is 0.0975. The molecule has 2 heterocycles. The largest absolute Gasteiger partial charge is 0.454 e. The highest BCUT2D eigenvalue weighted by Crippen LogP contribution is 2.40. The number of hydrogen-bond donors (Lipinski definition) is 1. The number of nitrogens with zero attached hydrogens (tertiary/aromatic N) is 2. The van der Waals surface area contributed by atoms with Crippen LogP contribution >= 0.6 is 0 Å². The van der Waals surface area contributed by atoms with Gasteiger partial charge in [-0.1, -0.05) is 18.2 Å². The van der Waals surface area contributed by atoms with Crippen LogP contribution in [0.4, 0.5) is 17.1 Å². The lowest BCUT2D eigenvalue weighted by atomic mass is 10.0. The average molecular weight is 387 g/mol. The molecule has 146 valence electrons. The highest BCUT2D eigenvalue weighted by atomic mass is 16.7. The van der Waals surface area contributed by atoms with Crippen LogP contribution in [-0.2, 0) is 0 Å². The molecule has 0 radical (unpaired) electrons. The van der Waals surface area contributed by atoms with Crippen molar-refractivity contribution in [1.29, 1.82) is 0 Å². The zero-order valence-corrected chi connectivity index (χ0v) is 16.3. The molecule has 1 atom stereocenters. The van der Waals surface area contributed by atoms with Crippen LogP contribution in [0.3, 0.4) is 0 Å². The summed E-state index contributed by atoms with van der Waals surface area (Å²) in [5.74, 6) is 1.37. The third-order valence-electron chi connectivity index (χ3n) is 5.28. The van der Waals surface area contributed by atoms with Crippen LogP contribution in [0.25, 0.3) is 0 Å². The van der Waals surface area contributed by atoms with E-state index in [-0.39, 0.29) is 18.9 Å². The molecule has 0 saturated heterocycles. The highest BCUT2D eigenvalue weighted by Gasteiger charge is 2.34. The van der Waals surface area contributed by atoms with Crippen molar-refractivity contribution >= 4 is 23.0 Å². The molecule has 6 nitrogen and oxygen atoms in total. The predicted molar refractivity (Wildman–Crippen MR) is 113 cm³/mol. The maximum atomic E-state index is 13.5. The van der Waals surface area contributed by atoms with Gasteiger partial charge in [0.2, 0.25) is 6.79 Å². The molecule has 2 aliphatic heterocycles. The first kappa shape index (κ1) is 17.4. The normalized spacial score (nSPS) is 17.0. The van der Waals surface area contributed by atoms with E-state index in [0.29, 0.717) is 11.3 Å². The van der Waals surface area contributed by atoms with Crippen LogP contribution in [0.2, 0.25) is 0 Å². The zero-order valence-electron chi connectivity index (χ0n) is 16.3.